The molecular weight excluding hydrogens is 425 g/mol. The summed E-state index contributed by atoms with van der Waals surface area (Å²) in [6.07, 6.45) is -2.79. The molecule has 4 rings (SSSR count). The lowest BCUT2D eigenvalue weighted by molar-refractivity contribution is -0.149. The van der Waals surface area contributed by atoms with Crippen LogP contribution in [0.5, 0.6) is 0 Å². The number of nitrogens with zero attached hydrogens (tertiary/aromatic N) is 6. The van der Waals surface area contributed by atoms with Crippen molar-refractivity contribution in [3.8, 4) is 5.69 Å². The van der Waals surface area contributed by atoms with Gasteiger partial charge in [0.2, 0.25) is 5.91 Å². The minimum absolute atomic E-state index is 0.00495. The van der Waals surface area contributed by atoms with Crippen LogP contribution in [0.4, 0.5) is 13.2 Å². The predicted molar refractivity (Wildman–Crippen MR) is 109 cm³/mol. The summed E-state index contributed by atoms with van der Waals surface area (Å²) < 4.78 is 45.6. The first-order valence-electron chi connectivity index (χ1n) is 10.8. The molecule has 0 bridgehead atoms. The van der Waals surface area contributed by atoms with Crippen LogP contribution in [0.25, 0.3) is 5.69 Å². The van der Waals surface area contributed by atoms with Crippen LogP contribution in [0.2, 0.25) is 0 Å². The molecule has 1 aromatic heterocycles. The lowest BCUT2D eigenvalue weighted by Crippen LogP contribution is -2.51. The first-order valence-corrected chi connectivity index (χ1v) is 10.8. The van der Waals surface area contributed by atoms with Crippen LogP contribution < -0.4 is 0 Å². The molecule has 2 unspecified atom stereocenters. The van der Waals surface area contributed by atoms with Crippen molar-refractivity contribution < 1.29 is 22.7 Å². The van der Waals surface area contributed by atoms with Gasteiger partial charge in [0.05, 0.1) is 30.0 Å². The van der Waals surface area contributed by atoms with Crippen LogP contribution in [-0.4, -0.2) is 74.3 Å². The van der Waals surface area contributed by atoms with Gasteiger partial charge in [0.1, 0.15) is 0 Å². The normalized spacial score (nSPS) is 23.5. The Kier molecular flexibility index (Phi) is 6.47. The van der Waals surface area contributed by atoms with E-state index in [0.29, 0.717) is 31.1 Å². The molecule has 2 saturated heterocycles. The number of aromatic nitrogens is 4. The lowest BCUT2D eigenvalue weighted by atomic mass is 9.94. The topological polar surface area (TPSA) is 76.4 Å². The number of benzene rings is 1. The number of piperidine rings is 1. The summed E-state index contributed by atoms with van der Waals surface area (Å²) in [4.78, 5) is 17.0. The van der Waals surface area contributed by atoms with Gasteiger partial charge in [0.15, 0.2) is 5.82 Å². The highest BCUT2D eigenvalue weighted by Crippen LogP contribution is 2.30. The summed E-state index contributed by atoms with van der Waals surface area (Å²) in [6, 6.07) is 4.76. The number of alkyl halides is 3. The lowest BCUT2D eigenvalue weighted by Gasteiger charge is -2.39. The van der Waals surface area contributed by atoms with E-state index in [4.69, 9.17) is 4.74 Å². The van der Waals surface area contributed by atoms with Crippen molar-refractivity contribution in [2.45, 2.75) is 51.6 Å². The van der Waals surface area contributed by atoms with E-state index in [-0.39, 0.29) is 24.0 Å². The van der Waals surface area contributed by atoms with Crippen LogP contribution in [0.15, 0.2) is 24.3 Å². The van der Waals surface area contributed by atoms with Crippen molar-refractivity contribution in [1.82, 2.24) is 30.0 Å². The fraction of sp³-hybridized carbons (Fsp3) is 0.619. The fourth-order valence-electron chi connectivity index (χ4n) is 4.45. The fourth-order valence-corrected chi connectivity index (χ4v) is 4.45. The number of halogens is 3. The van der Waals surface area contributed by atoms with Gasteiger partial charge in [-0.1, -0.05) is 0 Å². The minimum Gasteiger partial charge on any atom is -0.372 e. The Bertz CT molecular complexity index is 914. The van der Waals surface area contributed by atoms with E-state index in [1.165, 1.54) is 16.8 Å². The number of amides is 1. The number of carbonyl (C=O) groups is 1. The Morgan fingerprint density at radius 2 is 1.72 bits per heavy atom. The van der Waals surface area contributed by atoms with Gasteiger partial charge in [-0.05, 0) is 74.5 Å². The molecule has 8 nitrogen and oxygen atoms in total. The van der Waals surface area contributed by atoms with E-state index in [1.54, 1.807) is 0 Å². The first kappa shape index (κ1) is 22.7. The van der Waals surface area contributed by atoms with Gasteiger partial charge in [-0.25, -0.2) is 0 Å². The second-order valence-corrected chi connectivity index (χ2v) is 8.60. The molecule has 0 spiro atoms. The zero-order chi connectivity index (χ0) is 22.9. The summed E-state index contributed by atoms with van der Waals surface area (Å²) >= 11 is 0. The maximum Gasteiger partial charge on any atom is 0.416 e. The molecule has 174 valence electrons. The third kappa shape index (κ3) is 5.09. The van der Waals surface area contributed by atoms with Crippen molar-refractivity contribution in [2.24, 2.45) is 5.92 Å². The van der Waals surface area contributed by atoms with Crippen LogP contribution in [-0.2, 0) is 22.3 Å². The summed E-state index contributed by atoms with van der Waals surface area (Å²) in [5.74, 6) is 0.737. The Morgan fingerprint density at radius 3 is 2.31 bits per heavy atom. The monoisotopic (exact) mass is 452 g/mol. The molecule has 1 aromatic carbocycles. The molecule has 2 fully saturated rings. The highest BCUT2D eigenvalue weighted by molar-refractivity contribution is 5.79. The second kappa shape index (κ2) is 9.14. The molecule has 2 aromatic rings. The molecule has 1 amide bonds. The number of ether oxygens (including phenoxy) is 1. The van der Waals surface area contributed by atoms with Gasteiger partial charge < -0.3 is 9.64 Å². The van der Waals surface area contributed by atoms with Crippen LogP contribution in [0, 0.1) is 5.92 Å². The average molecular weight is 452 g/mol. The minimum atomic E-state index is -4.39. The molecule has 2 aliphatic heterocycles. The molecule has 2 atom stereocenters. The molecule has 0 radical (unpaired) electrons. The van der Waals surface area contributed by atoms with E-state index in [1.807, 2.05) is 18.7 Å². The Hall–Kier alpha value is -2.53. The van der Waals surface area contributed by atoms with Gasteiger partial charge in [0.25, 0.3) is 0 Å². The number of likely N-dealkylation sites (tertiary alicyclic amines) is 1. The molecule has 3 heterocycles. The van der Waals surface area contributed by atoms with Crippen molar-refractivity contribution in [3.63, 3.8) is 0 Å². The zero-order valence-corrected chi connectivity index (χ0v) is 18.1. The standard InChI is InChI=1S/C21H27F3N6O2/c1-14-11-29(12-15(2)32-14)20(31)16-7-9-28(10-8-16)13-19-25-26-27-30(19)18-5-3-17(4-6-18)21(22,23)24/h3-6,14-16H,7-13H2,1-2H3. The van der Waals surface area contributed by atoms with E-state index in [0.717, 1.165) is 38.1 Å². The highest BCUT2D eigenvalue weighted by Gasteiger charge is 2.33. The Morgan fingerprint density at radius 1 is 1.09 bits per heavy atom. The van der Waals surface area contributed by atoms with Crippen LogP contribution in [0.1, 0.15) is 38.1 Å². The van der Waals surface area contributed by atoms with Crippen LogP contribution in [0.3, 0.4) is 0 Å². The predicted octanol–water partition coefficient (Wildman–Crippen LogP) is 2.53. The largest absolute Gasteiger partial charge is 0.416 e. The molecule has 0 N–H and O–H groups in total. The van der Waals surface area contributed by atoms with Crippen molar-refractivity contribution in [3.05, 3.63) is 35.7 Å². The van der Waals surface area contributed by atoms with E-state index in [9.17, 15) is 18.0 Å². The average Bonchev–Trinajstić information content (AvgIpc) is 3.20. The highest BCUT2D eigenvalue weighted by atomic mass is 19.4. The Labute approximate surface area is 184 Å². The number of hydrogen-bond donors (Lipinski definition) is 0. The summed E-state index contributed by atoms with van der Waals surface area (Å²) in [5, 5.41) is 11.7. The maximum atomic E-state index is 12.9. The summed E-state index contributed by atoms with van der Waals surface area (Å²) in [6.45, 7) is 7.15. The SMILES string of the molecule is CC1CN(C(=O)C2CCN(Cc3nnnn3-c3ccc(C(F)(F)F)cc3)CC2)CC(C)O1. The van der Waals surface area contributed by atoms with Gasteiger partial charge in [0, 0.05) is 19.0 Å². The van der Waals surface area contributed by atoms with Gasteiger partial charge in [-0.3, -0.25) is 9.69 Å². The summed E-state index contributed by atoms with van der Waals surface area (Å²) in [5.41, 5.74) is -0.245. The third-order valence-corrected chi connectivity index (χ3v) is 6.01. The number of carbonyl (C=O) groups excluding carboxylic acids is 1. The smallest absolute Gasteiger partial charge is 0.372 e. The number of hydrogen-bond acceptors (Lipinski definition) is 6. The Balaban J connectivity index is 1.34. The molecule has 0 saturated carbocycles. The molecular formula is C21H27F3N6O2. The molecule has 0 aliphatic carbocycles. The van der Waals surface area contributed by atoms with Crippen molar-refractivity contribution in [2.75, 3.05) is 26.2 Å². The molecule has 32 heavy (non-hydrogen) atoms. The number of rotatable bonds is 4. The maximum absolute atomic E-state index is 12.9. The van der Waals surface area contributed by atoms with Gasteiger partial charge in [-0.2, -0.15) is 17.9 Å². The quantitative estimate of drug-likeness (QED) is 0.710. The second-order valence-electron chi connectivity index (χ2n) is 8.60. The zero-order valence-electron chi connectivity index (χ0n) is 18.1. The molecule has 11 heteroatoms. The molecule has 2 aliphatic rings. The number of tetrazole rings is 1. The number of morpholine rings is 1. The van der Waals surface area contributed by atoms with E-state index < -0.39 is 11.7 Å². The van der Waals surface area contributed by atoms with E-state index >= 15 is 0 Å². The third-order valence-electron chi connectivity index (χ3n) is 6.01. The van der Waals surface area contributed by atoms with Crippen LogP contribution >= 0.6 is 0 Å². The summed E-state index contributed by atoms with van der Waals surface area (Å²) in [7, 11) is 0. The van der Waals surface area contributed by atoms with Gasteiger partial charge >= 0.3 is 6.18 Å². The van der Waals surface area contributed by atoms with Gasteiger partial charge in [-0.15, -0.1) is 5.10 Å². The van der Waals surface area contributed by atoms with Crippen molar-refractivity contribution in [1.29, 1.82) is 0 Å². The van der Waals surface area contributed by atoms with E-state index in [2.05, 4.69) is 20.4 Å². The van der Waals surface area contributed by atoms with Crippen molar-refractivity contribution >= 4 is 5.91 Å². The first-order chi connectivity index (χ1) is 15.2.